The standard InChI is InChI=1S/C15H14INO2/c16-14-4-2-1-3-13(14)15(19)17-9-11-5-7-12(10-18)8-6-11/h1-8,18H,9-10H2,(H,17,19). The van der Waals surface area contributed by atoms with Crippen LogP contribution in [0.3, 0.4) is 0 Å². The van der Waals surface area contributed by atoms with Gasteiger partial charge in [-0.3, -0.25) is 4.79 Å². The van der Waals surface area contributed by atoms with Crippen LogP contribution in [0.15, 0.2) is 48.5 Å². The molecular weight excluding hydrogens is 353 g/mol. The largest absolute Gasteiger partial charge is 0.392 e. The van der Waals surface area contributed by atoms with Crippen LogP contribution in [0.2, 0.25) is 0 Å². The zero-order chi connectivity index (χ0) is 13.7. The number of hydrogen-bond donors (Lipinski definition) is 2. The van der Waals surface area contributed by atoms with Crippen LogP contribution in [-0.4, -0.2) is 11.0 Å². The molecule has 0 unspecified atom stereocenters. The number of carbonyl (C=O) groups excluding carboxylic acids is 1. The van der Waals surface area contributed by atoms with Crippen LogP contribution in [0.4, 0.5) is 0 Å². The van der Waals surface area contributed by atoms with Crippen LogP contribution in [0.1, 0.15) is 21.5 Å². The van der Waals surface area contributed by atoms with E-state index in [0.717, 1.165) is 14.7 Å². The topological polar surface area (TPSA) is 49.3 Å². The maximum atomic E-state index is 12.0. The van der Waals surface area contributed by atoms with E-state index in [1.807, 2.05) is 48.5 Å². The molecule has 19 heavy (non-hydrogen) atoms. The van der Waals surface area contributed by atoms with Crippen molar-refractivity contribution in [2.45, 2.75) is 13.2 Å². The summed E-state index contributed by atoms with van der Waals surface area (Å²) in [5.41, 5.74) is 2.57. The summed E-state index contributed by atoms with van der Waals surface area (Å²) in [5.74, 6) is -0.0729. The molecule has 0 saturated carbocycles. The van der Waals surface area contributed by atoms with E-state index < -0.39 is 0 Å². The molecule has 0 bridgehead atoms. The Balaban J connectivity index is 1.98. The molecule has 2 rings (SSSR count). The highest BCUT2D eigenvalue weighted by Gasteiger charge is 2.08. The Hall–Kier alpha value is -1.40. The zero-order valence-electron chi connectivity index (χ0n) is 10.3. The van der Waals surface area contributed by atoms with E-state index in [1.54, 1.807) is 0 Å². The van der Waals surface area contributed by atoms with E-state index in [1.165, 1.54) is 0 Å². The van der Waals surface area contributed by atoms with Gasteiger partial charge in [-0.25, -0.2) is 0 Å². The number of nitrogens with one attached hydrogen (secondary N) is 1. The van der Waals surface area contributed by atoms with Gasteiger partial charge >= 0.3 is 0 Å². The summed E-state index contributed by atoms with van der Waals surface area (Å²) in [5, 5.41) is 11.8. The van der Waals surface area contributed by atoms with Crippen molar-refractivity contribution < 1.29 is 9.90 Å². The molecule has 2 N–H and O–H groups in total. The molecule has 0 aliphatic heterocycles. The van der Waals surface area contributed by atoms with Crippen molar-refractivity contribution in [1.29, 1.82) is 0 Å². The van der Waals surface area contributed by atoms with Gasteiger partial charge in [-0.2, -0.15) is 0 Å². The lowest BCUT2D eigenvalue weighted by Crippen LogP contribution is -2.23. The van der Waals surface area contributed by atoms with Gasteiger partial charge in [0.15, 0.2) is 0 Å². The fraction of sp³-hybridized carbons (Fsp3) is 0.133. The first-order valence-corrected chi connectivity index (χ1v) is 7.00. The number of aliphatic hydroxyl groups excluding tert-OH is 1. The molecule has 0 spiro atoms. The van der Waals surface area contributed by atoms with Crippen molar-refractivity contribution in [3.8, 4) is 0 Å². The van der Waals surface area contributed by atoms with E-state index in [4.69, 9.17) is 5.11 Å². The van der Waals surface area contributed by atoms with Crippen LogP contribution < -0.4 is 5.32 Å². The lowest BCUT2D eigenvalue weighted by molar-refractivity contribution is 0.0950. The summed E-state index contributed by atoms with van der Waals surface area (Å²) in [6, 6.07) is 15.0. The molecule has 3 nitrogen and oxygen atoms in total. The minimum atomic E-state index is -0.0729. The van der Waals surface area contributed by atoms with E-state index >= 15 is 0 Å². The fourth-order valence-corrected chi connectivity index (χ4v) is 2.32. The van der Waals surface area contributed by atoms with Crippen LogP contribution in [0.5, 0.6) is 0 Å². The number of rotatable bonds is 4. The van der Waals surface area contributed by atoms with E-state index in [9.17, 15) is 4.79 Å². The number of aliphatic hydroxyl groups is 1. The Kier molecular flexibility index (Phi) is 4.93. The van der Waals surface area contributed by atoms with Gasteiger partial charge in [-0.05, 0) is 45.9 Å². The minimum absolute atomic E-state index is 0.0366. The zero-order valence-corrected chi connectivity index (χ0v) is 12.4. The maximum absolute atomic E-state index is 12.0. The highest BCUT2D eigenvalue weighted by Crippen LogP contribution is 2.11. The predicted octanol–water partition coefficient (Wildman–Crippen LogP) is 2.71. The molecule has 2 aromatic rings. The first-order valence-electron chi connectivity index (χ1n) is 5.92. The highest BCUT2D eigenvalue weighted by atomic mass is 127. The summed E-state index contributed by atoms with van der Waals surface area (Å²) in [6.07, 6.45) is 0. The van der Waals surface area contributed by atoms with E-state index in [-0.39, 0.29) is 12.5 Å². The van der Waals surface area contributed by atoms with Crippen molar-refractivity contribution >= 4 is 28.5 Å². The minimum Gasteiger partial charge on any atom is -0.392 e. The van der Waals surface area contributed by atoms with Gasteiger partial charge < -0.3 is 10.4 Å². The van der Waals surface area contributed by atoms with Gasteiger partial charge in [0.05, 0.1) is 12.2 Å². The number of benzene rings is 2. The monoisotopic (exact) mass is 367 g/mol. The van der Waals surface area contributed by atoms with Crippen molar-refractivity contribution in [1.82, 2.24) is 5.32 Å². The van der Waals surface area contributed by atoms with Gasteiger partial charge in [0.25, 0.3) is 5.91 Å². The lowest BCUT2D eigenvalue weighted by Gasteiger charge is -2.07. The van der Waals surface area contributed by atoms with E-state index in [0.29, 0.717) is 12.1 Å². The molecule has 0 saturated heterocycles. The summed E-state index contributed by atoms with van der Waals surface area (Å²) in [4.78, 5) is 12.0. The predicted molar refractivity (Wildman–Crippen MR) is 82.7 cm³/mol. The summed E-state index contributed by atoms with van der Waals surface area (Å²) in [6.45, 7) is 0.518. The second-order valence-electron chi connectivity index (χ2n) is 4.14. The normalized spacial score (nSPS) is 10.2. The Morgan fingerprint density at radius 2 is 1.68 bits per heavy atom. The average molecular weight is 367 g/mol. The number of halogens is 1. The Morgan fingerprint density at radius 1 is 1.05 bits per heavy atom. The fourth-order valence-electron chi connectivity index (χ4n) is 1.69. The third kappa shape index (κ3) is 3.78. The first-order chi connectivity index (χ1) is 9.20. The maximum Gasteiger partial charge on any atom is 0.252 e. The Morgan fingerprint density at radius 3 is 2.32 bits per heavy atom. The molecule has 0 aliphatic rings. The van der Waals surface area contributed by atoms with Gasteiger partial charge in [0.1, 0.15) is 0 Å². The second kappa shape index (κ2) is 6.68. The Labute approximate surface area is 125 Å². The highest BCUT2D eigenvalue weighted by molar-refractivity contribution is 14.1. The molecule has 0 fully saturated rings. The molecule has 0 atom stereocenters. The van der Waals surface area contributed by atoms with E-state index in [2.05, 4.69) is 27.9 Å². The number of carbonyl (C=O) groups is 1. The molecular formula is C15H14INO2. The molecule has 98 valence electrons. The van der Waals surface area contributed by atoms with Crippen LogP contribution >= 0.6 is 22.6 Å². The lowest BCUT2D eigenvalue weighted by atomic mass is 10.1. The number of amides is 1. The molecule has 0 aromatic heterocycles. The molecule has 0 aliphatic carbocycles. The smallest absolute Gasteiger partial charge is 0.252 e. The van der Waals surface area contributed by atoms with Gasteiger partial charge in [-0.15, -0.1) is 0 Å². The van der Waals surface area contributed by atoms with Crippen molar-refractivity contribution in [3.05, 3.63) is 68.8 Å². The molecule has 0 radical (unpaired) electrons. The van der Waals surface area contributed by atoms with Crippen molar-refractivity contribution in [2.24, 2.45) is 0 Å². The van der Waals surface area contributed by atoms with Crippen LogP contribution in [0, 0.1) is 3.57 Å². The van der Waals surface area contributed by atoms with Crippen molar-refractivity contribution in [2.75, 3.05) is 0 Å². The summed E-state index contributed by atoms with van der Waals surface area (Å²) >= 11 is 2.15. The third-order valence-corrected chi connectivity index (χ3v) is 3.72. The quantitative estimate of drug-likeness (QED) is 0.817. The summed E-state index contributed by atoms with van der Waals surface area (Å²) < 4.78 is 0.938. The molecule has 1 amide bonds. The van der Waals surface area contributed by atoms with Gasteiger partial charge in [-0.1, -0.05) is 36.4 Å². The molecule has 4 heteroatoms. The van der Waals surface area contributed by atoms with Crippen LogP contribution in [0.25, 0.3) is 0 Å². The van der Waals surface area contributed by atoms with Crippen molar-refractivity contribution in [3.63, 3.8) is 0 Å². The Bertz CT molecular complexity index is 567. The average Bonchev–Trinajstić information content (AvgIpc) is 2.46. The number of hydrogen-bond acceptors (Lipinski definition) is 2. The molecule has 0 heterocycles. The third-order valence-electron chi connectivity index (χ3n) is 2.78. The first kappa shape index (κ1) is 14.0. The molecule has 2 aromatic carbocycles. The SMILES string of the molecule is O=C(NCc1ccc(CO)cc1)c1ccccc1I. The van der Waals surface area contributed by atoms with Gasteiger partial charge in [0, 0.05) is 10.1 Å². The van der Waals surface area contributed by atoms with Crippen LogP contribution in [-0.2, 0) is 13.2 Å². The van der Waals surface area contributed by atoms with Gasteiger partial charge in [0.2, 0.25) is 0 Å². The second-order valence-corrected chi connectivity index (χ2v) is 5.30. The summed E-state index contributed by atoms with van der Waals surface area (Å²) in [7, 11) is 0.